The molecule has 2 fully saturated rings. The van der Waals surface area contributed by atoms with Crippen molar-refractivity contribution in [2.24, 2.45) is 10.8 Å². The number of benzene rings is 2. The minimum Gasteiger partial charge on any atom is -0.481 e. The first-order valence-electron chi connectivity index (χ1n) is 12.0. The summed E-state index contributed by atoms with van der Waals surface area (Å²) in [4.78, 5) is 36.6. The molecule has 2 amide bonds. The summed E-state index contributed by atoms with van der Waals surface area (Å²) in [6.45, 7) is 2.10. The molecule has 7 nitrogen and oxygen atoms in total. The largest absolute Gasteiger partial charge is 0.481 e. The highest BCUT2D eigenvalue weighted by atomic mass is 16.5. The van der Waals surface area contributed by atoms with E-state index in [0.717, 1.165) is 41.5 Å². The molecule has 3 aliphatic carbocycles. The number of carboxylic acids is 1. The van der Waals surface area contributed by atoms with Gasteiger partial charge in [-0.1, -0.05) is 55.0 Å². The molecule has 0 heterocycles. The van der Waals surface area contributed by atoms with Crippen molar-refractivity contribution in [2.45, 2.75) is 51.0 Å². The lowest BCUT2D eigenvalue weighted by Crippen LogP contribution is -2.42. The summed E-state index contributed by atoms with van der Waals surface area (Å²) in [6.07, 6.45) is 3.05. The third-order valence-electron chi connectivity index (χ3n) is 8.04. The van der Waals surface area contributed by atoms with Crippen molar-refractivity contribution in [2.75, 3.05) is 13.2 Å². The molecule has 2 saturated carbocycles. The molecule has 3 N–H and O–H groups in total. The van der Waals surface area contributed by atoms with Crippen molar-refractivity contribution in [3.8, 4) is 11.1 Å². The Kier molecular flexibility index (Phi) is 5.58. The second kappa shape index (κ2) is 8.46. The summed E-state index contributed by atoms with van der Waals surface area (Å²) in [5.41, 5.74) is 3.68. The molecule has 0 saturated heterocycles. The van der Waals surface area contributed by atoms with E-state index in [1.54, 1.807) is 6.92 Å². The SMILES string of the molecule is C[C@H](CC(=O)NCC1(C(=O)O)CC12CCC2)NC(=O)OCC1c2ccccc2-c2ccccc21. The summed E-state index contributed by atoms with van der Waals surface area (Å²) < 4.78 is 5.54. The molecule has 34 heavy (non-hydrogen) atoms. The smallest absolute Gasteiger partial charge is 0.407 e. The van der Waals surface area contributed by atoms with E-state index in [4.69, 9.17) is 4.74 Å². The molecule has 0 aliphatic heterocycles. The van der Waals surface area contributed by atoms with E-state index in [1.165, 1.54) is 0 Å². The fraction of sp³-hybridized carbons (Fsp3) is 0.444. The number of hydrogen-bond donors (Lipinski definition) is 3. The quantitative estimate of drug-likeness (QED) is 0.549. The molecule has 5 rings (SSSR count). The fourth-order valence-electron chi connectivity index (χ4n) is 5.91. The third-order valence-corrected chi connectivity index (χ3v) is 8.04. The van der Waals surface area contributed by atoms with Crippen LogP contribution in [0.5, 0.6) is 0 Å². The first-order chi connectivity index (χ1) is 16.4. The number of aliphatic carboxylic acids is 1. The van der Waals surface area contributed by atoms with E-state index in [0.29, 0.717) is 6.42 Å². The minimum absolute atomic E-state index is 0.0265. The molecule has 7 heteroatoms. The zero-order valence-corrected chi connectivity index (χ0v) is 19.3. The van der Waals surface area contributed by atoms with Crippen molar-refractivity contribution in [1.29, 1.82) is 0 Å². The van der Waals surface area contributed by atoms with Crippen LogP contribution in [0.4, 0.5) is 4.79 Å². The van der Waals surface area contributed by atoms with Crippen molar-refractivity contribution < 1.29 is 24.2 Å². The van der Waals surface area contributed by atoms with Gasteiger partial charge in [0.15, 0.2) is 0 Å². The van der Waals surface area contributed by atoms with Gasteiger partial charge >= 0.3 is 12.1 Å². The number of nitrogens with one attached hydrogen (secondary N) is 2. The zero-order valence-electron chi connectivity index (χ0n) is 19.3. The first-order valence-corrected chi connectivity index (χ1v) is 12.0. The molecule has 2 aromatic rings. The number of amides is 2. The van der Waals surface area contributed by atoms with Gasteiger partial charge in [-0.15, -0.1) is 0 Å². The van der Waals surface area contributed by atoms with Gasteiger partial charge in [-0.25, -0.2) is 4.79 Å². The summed E-state index contributed by atoms with van der Waals surface area (Å²) in [7, 11) is 0. The van der Waals surface area contributed by atoms with Crippen LogP contribution in [0.2, 0.25) is 0 Å². The lowest BCUT2D eigenvalue weighted by molar-refractivity contribution is -0.145. The highest BCUT2D eigenvalue weighted by Gasteiger charge is 2.73. The van der Waals surface area contributed by atoms with Crippen LogP contribution in [0.15, 0.2) is 48.5 Å². The minimum atomic E-state index is -0.822. The van der Waals surface area contributed by atoms with Crippen LogP contribution in [0.1, 0.15) is 56.1 Å². The van der Waals surface area contributed by atoms with Crippen LogP contribution < -0.4 is 10.6 Å². The Hall–Kier alpha value is -3.35. The number of rotatable bonds is 8. The normalized spacial score (nSPS) is 22.1. The number of hydrogen-bond acceptors (Lipinski definition) is 4. The predicted molar refractivity (Wildman–Crippen MR) is 126 cm³/mol. The molecule has 1 spiro atoms. The number of ether oxygens (including phenoxy) is 1. The number of alkyl carbamates (subject to hydrolysis) is 1. The van der Waals surface area contributed by atoms with Gasteiger partial charge in [0, 0.05) is 24.9 Å². The molecular weight excluding hydrogens is 432 g/mol. The van der Waals surface area contributed by atoms with E-state index in [9.17, 15) is 19.5 Å². The van der Waals surface area contributed by atoms with Crippen molar-refractivity contribution >= 4 is 18.0 Å². The molecular formula is C27H30N2O5. The topological polar surface area (TPSA) is 105 Å². The van der Waals surface area contributed by atoms with Gasteiger partial charge in [0.25, 0.3) is 0 Å². The summed E-state index contributed by atoms with van der Waals surface area (Å²) in [5.74, 6) is -1.12. The Bertz CT molecular complexity index is 1100. The van der Waals surface area contributed by atoms with Crippen LogP contribution in [-0.2, 0) is 14.3 Å². The highest BCUT2D eigenvalue weighted by molar-refractivity contribution is 5.83. The van der Waals surface area contributed by atoms with Crippen LogP contribution >= 0.6 is 0 Å². The number of carbonyl (C=O) groups excluding carboxylic acids is 2. The molecule has 0 bridgehead atoms. The van der Waals surface area contributed by atoms with Crippen molar-refractivity contribution in [3.05, 3.63) is 59.7 Å². The standard InChI is InChI=1S/C27H30N2O5/c1-17(13-23(30)28-16-27(24(31)32)15-26(27)11-6-12-26)29-25(33)34-14-22-20-9-4-2-7-18(20)19-8-3-5-10-21(19)22/h2-5,7-10,17,22H,6,11-16H2,1H3,(H,28,30)(H,29,33)(H,31,32)/t17-,27?/m1/s1. The first kappa shape index (κ1) is 22.4. The van der Waals surface area contributed by atoms with E-state index >= 15 is 0 Å². The van der Waals surface area contributed by atoms with Gasteiger partial charge in [0.1, 0.15) is 6.61 Å². The molecule has 3 aliphatic rings. The maximum Gasteiger partial charge on any atom is 0.407 e. The van der Waals surface area contributed by atoms with Gasteiger partial charge in [-0.05, 0) is 53.9 Å². The Labute approximate surface area is 198 Å². The summed E-state index contributed by atoms with van der Waals surface area (Å²) in [5, 5.41) is 15.2. The predicted octanol–water partition coefficient (Wildman–Crippen LogP) is 4.06. The van der Waals surface area contributed by atoms with Crippen LogP contribution in [-0.4, -0.2) is 42.3 Å². The van der Waals surface area contributed by atoms with Gasteiger partial charge in [0.05, 0.1) is 5.41 Å². The average Bonchev–Trinajstić information content (AvgIpc) is 3.41. The number of carboxylic acid groups (broad SMARTS) is 1. The maximum atomic E-state index is 12.4. The lowest BCUT2D eigenvalue weighted by Gasteiger charge is -2.31. The van der Waals surface area contributed by atoms with Gasteiger partial charge in [-0.2, -0.15) is 0 Å². The maximum absolute atomic E-state index is 12.4. The number of carbonyl (C=O) groups is 3. The Morgan fingerprint density at radius 1 is 1.06 bits per heavy atom. The molecule has 0 aromatic heterocycles. The molecule has 2 aromatic carbocycles. The Morgan fingerprint density at radius 3 is 2.21 bits per heavy atom. The molecule has 178 valence electrons. The Balaban J connectivity index is 1.10. The summed E-state index contributed by atoms with van der Waals surface area (Å²) in [6, 6.07) is 15.8. The van der Waals surface area contributed by atoms with E-state index < -0.39 is 23.5 Å². The zero-order chi connectivity index (χ0) is 23.9. The van der Waals surface area contributed by atoms with Crippen LogP contribution in [0, 0.1) is 10.8 Å². The van der Waals surface area contributed by atoms with Crippen molar-refractivity contribution in [1.82, 2.24) is 10.6 Å². The average molecular weight is 463 g/mol. The number of fused-ring (bicyclic) bond motifs is 3. The van der Waals surface area contributed by atoms with E-state index in [2.05, 4.69) is 34.9 Å². The molecule has 2 atom stereocenters. The van der Waals surface area contributed by atoms with Crippen molar-refractivity contribution in [3.63, 3.8) is 0 Å². The second-order valence-corrected chi connectivity index (χ2v) is 10.0. The molecule has 0 radical (unpaired) electrons. The highest BCUT2D eigenvalue weighted by Crippen LogP contribution is 2.73. The summed E-state index contributed by atoms with van der Waals surface area (Å²) >= 11 is 0. The van der Waals surface area contributed by atoms with E-state index in [-0.39, 0.29) is 36.8 Å². The fourth-order valence-corrected chi connectivity index (χ4v) is 5.91. The van der Waals surface area contributed by atoms with Crippen LogP contribution in [0.25, 0.3) is 11.1 Å². The van der Waals surface area contributed by atoms with Gasteiger partial charge < -0.3 is 20.5 Å². The second-order valence-electron chi connectivity index (χ2n) is 10.0. The Morgan fingerprint density at radius 2 is 1.68 bits per heavy atom. The monoisotopic (exact) mass is 462 g/mol. The van der Waals surface area contributed by atoms with E-state index in [1.807, 2.05) is 24.3 Å². The third kappa shape index (κ3) is 3.73. The lowest BCUT2D eigenvalue weighted by atomic mass is 9.75. The van der Waals surface area contributed by atoms with Gasteiger partial charge in [-0.3, -0.25) is 9.59 Å². The molecule has 1 unspecified atom stereocenters. The van der Waals surface area contributed by atoms with Gasteiger partial charge in [0.2, 0.25) is 5.91 Å². The van der Waals surface area contributed by atoms with Crippen LogP contribution in [0.3, 0.4) is 0 Å².